The molecule has 7 heteroatoms. The number of rotatable bonds is 3. The molecule has 0 bridgehead atoms. The van der Waals surface area contributed by atoms with Crippen molar-refractivity contribution in [3.63, 3.8) is 0 Å². The topological polar surface area (TPSA) is 101 Å². The molecule has 94 valence electrons. The number of hydrogen-bond acceptors (Lipinski definition) is 6. The Morgan fingerprint density at radius 2 is 2.29 bits per heavy atom. The predicted molar refractivity (Wildman–Crippen MR) is 65.7 cm³/mol. The highest BCUT2D eigenvalue weighted by Crippen LogP contribution is 2.48. The minimum atomic E-state index is -0.550. The van der Waals surface area contributed by atoms with Crippen LogP contribution >= 0.6 is 11.8 Å². The first kappa shape index (κ1) is 12.4. The maximum atomic E-state index is 11.6. The van der Waals surface area contributed by atoms with E-state index in [0.29, 0.717) is 6.42 Å². The van der Waals surface area contributed by atoms with E-state index < -0.39 is 10.4 Å². The van der Waals surface area contributed by atoms with Crippen molar-refractivity contribution < 1.29 is 10.2 Å². The van der Waals surface area contributed by atoms with Gasteiger partial charge in [-0.1, -0.05) is 0 Å². The summed E-state index contributed by atoms with van der Waals surface area (Å²) in [5.74, 6) is 0.199. The molecule has 4 N–H and O–H groups in total. The van der Waals surface area contributed by atoms with Crippen LogP contribution in [0.1, 0.15) is 18.2 Å². The summed E-state index contributed by atoms with van der Waals surface area (Å²) in [7, 11) is 0. The van der Waals surface area contributed by atoms with Gasteiger partial charge in [0.25, 0.3) is 0 Å². The van der Waals surface area contributed by atoms with E-state index >= 15 is 0 Å². The van der Waals surface area contributed by atoms with Gasteiger partial charge < -0.3 is 15.9 Å². The molecule has 2 heterocycles. The molecule has 0 aliphatic carbocycles. The highest BCUT2D eigenvalue weighted by molar-refractivity contribution is 8.01. The Morgan fingerprint density at radius 3 is 2.82 bits per heavy atom. The summed E-state index contributed by atoms with van der Waals surface area (Å²) in [6.45, 7) is -0.191. The van der Waals surface area contributed by atoms with Gasteiger partial charge in [-0.15, -0.1) is 11.8 Å². The van der Waals surface area contributed by atoms with E-state index in [-0.39, 0.29) is 24.4 Å². The van der Waals surface area contributed by atoms with Crippen molar-refractivity contribution in [1.29, 1.82) is 0 Å². The van der Waals surface area contributed by atoms with Crippen molar-refractivity contribution in [2.75, 3.05) is 18.9 Å². The first-order valence-electron chi connectivity index (χ1n) is 5.34. The molecule has 1 unspecified atom stereocenters. The molecule has 0 saturated carbocycles. The Morgan fingerprint density at radius 1 is 1.59 bits per heavy atom. The standard InChI is InChI=1S/C10H15N3O3S/c11-7-2-4-13(9(16)12-7)8-1-3-10(5-14,6-15)17-8/h2,4,8,14-15H,1,3,5-6H2,(H2,11,12,16). The maximum absolute atomic E-state index is 11.6. The molecule has 0 amide bonds. The van der Waals surface area contributed by atoms with Gasteiger partial charge in [-0.2, -0.15) is 4.98 Å². The number of thioether (sulfide) groups is 1. The van der Waals surface area contributed by atoms with Crippen LogP contribution < -0.4 is 11.4 Å². The van der Waals surface area contributed by atoms with Crippen molar-refractivity contribution in [2.45, 2.75) is 23.0 Å². The van der Waals surface area contributed by atoms with E-state index in [4.69, 9.17) is 5.73 Å². The zero-order chi connectivity index (χ0) is 12.5. The van der Waals surface area contributed by atoms with Crippen molar-refractivity contribution in [3.05, 3.63) is 22.7 Å². The lowest BCUT2D eigenvalue weighted by Gasteiger charge is -2.23. The van der Waals surface area contributed by atoms with E-state index in [0.717, 1.165) is 6.42 Å². The Bertz CT molecular complexity index is 458. The van der Waals surface area contributed by atoms with Crippen LogP contribution in [-0.2, 0) is 0 Å². The van der Waals surface area contributed by atoms with Crippen molar-refractivity contribution in [3.8, 4) is 0 Å². The van der Waals surface area contributed by atoms with Crippen LogP contribution in [0.25, 0.3) is 0 Å². The van der Waals surface area contributed by atoms with Crippen LogP contribution in [-0.4, -0.2) is 37.7 Å². The van der Waals surface area contributed by atoms with Crippen LogP contribution in [0.4, 0.5) is 5.82 Å². The predicted octanol–water partition coefficient (Wildman–Crippen LogP) is -0.425. The Kier molecular flexibility index (Phi) is 3.41. The average Bonchev–Trinajstić information content (AvgIpc) is 2.74. The second-order valence-electron chi connectivity index (χ2n) is 4.15. The lowest BCUT2D eigenvalue weighted by Crippen LogP contribution is -2.31. The van der Waals surface area contributed by atoms with Crippen LogP contribution in [0.5, 0.6) is 0 Å². The number of nitrogens with zero attached hydrogens (tertiary/aromatic N) is 2. The van der Waals surface area contributed by atoms with Gasteiger partial charge in [0.05, 0.1) is 23.3 Å². The fraction of sp³-hybridized carbons (Fsp3) is 0.600. The minimum absolute atomic E-state index is 0.0954. The summed E-state index contributed by atoms with van der Waals surface area (Å²) < 4.78 is 0.944. The minimum Gasteiger partial charge on any atom is -0.395 e. The number of aliphatic hydroxyl groups excluding tert-OH is 2. The number of anilines is 1. The summed E-state index contributed by atoms with van der Waals surface area (Å²) in [6, 6.07) is 1.57. The molecule has 17 heavy (non-hydrogen) atoms. The van der Waals surface area contributed by atoms with E-state index in [1.54, 1.807) is 12.3 Å². The molecule has 1 aliphatic heterocycles. The molecule has 1 aliphatic rings. The van der Waals surface area contributed by atoms with Gasteiger partial charge in [0.2, 0.25) is 0 Å². The summed E-state index contributed by atoms with van der Waals surface area (Å²) >= 11 is 1.41. The highest BCUT2D eigenvalue weighted by Gasteiger charge is 2.40. The fourth-order valence-corrected chi connectivity index (χ4v) is 3.39. The Balaban J connectivity index is 2.23. The maximum Gasteiger partial charge on any atom is 0.350 e. The van der Waals surface area contributed by atoms with Crippen LogP contribution in [0.3, 0.4) is 0 Å². The zero-order valence-corrected chi connectivity index (χ0v) is 10.1. The van der Waals surface area contributed by atoms with Crippen LogP contribution in [0.2, 0.25) is 0 Å². The number of aliphatic hydroxyl groups is 2. The third kappa shape index (κ3) is 2.31. The Labute approximate surface area is 102 Å². The first-order chi connectivity index (χ1) is 8.10. The third-order valence-corrected chi connectivity index (χ3v) is 4.67. The average molecular weight is 257 g/mol. The lowest BCUT2D eigenvalue weighted by molar-refractivity contribution is 0.170. The second kappa shape index (κ2) is 4.67. The summed E-state index contributed by atoms with van der Waals surface area (Å²) in [5.41, 5.74) is 5.03. The number of hydrogen-bond donors (Lipinski definition) is 3. The van der Waals surface area contributed by atoms with Gasteiger partial charge in [0, 0.05) is 6.20 Å². The van der Waals surface area contributed by atoms with Crippen molar-refractivity contribution >= 4 is 17.6 Å². The van der Waals surface area contributed by atoms with E-state index in [9.17, 15) is 15.0 Å². The van der Waals surface area contributed by atoms with Gasteiger partial charge in [-0.3, -0.25) is 4.57 Å². The monoisotopic (exact) mass is 257 g/mol. The molecule has 1 aromatic heterocycles. The second-order valence-corrected chi connectivity index (χ2v) is 5.80. The molecular weight excluding hydrogens is 242 g/mol. The first-order valence-corrected chi connectivity index (χ1v) is 6.22. The molecule has 0 aromatic carbocycles. The summed E-state index contributed by atoms with van der Waals surface area (Å²) in [4.78, 5) is 15.3. The van der Waals surface area contributed by atoms with Crippen LogP contribution in [0.15, 0.2) is 17.1 Å². The molecule has 1 aromatic rings. The largest absolute Gasteiger partial charge is 0.395 e. The fourth-order valence-electron chi connectivity index (χ4n) is 1.92. The van der Waals surface area contributed by atoms with Gasteiger partial charge in [-0.05, 0) is 18.9 Å². The molecule has 6 nitrogen and oxygen atoms in total. The number of nitrogens with two attached hydrogens (primary N) is 1. The Hall–Kier alpha value is -1.05. The molecular formula is C10H15N3O3S. The van der Waals surface area contributed by atoms with Gasteiger partial charge in [-0.25, -0.2) is 4.79 Å². The normalized spacial score (nSPS) is 22.8. The number of nitrogen functional groups attached to an aromatic ring is 1. The van der Waals surface area contributed by atoms with Gasteiger partial charge in [0.15, 0.2) is 0 Å². The van der Waals surface area contributed by atoms with E-state index in [1.165, 1.54) is 16.3 Å². The van der Waals surface area contributed by atoms with E-state index in [2.05, 4.69) is 4.98 Å². The molecule has 1 atom stereocenters. The van der Waals surface area contributed by atoms with Crippen LogP contribution in [0, 0.1) is 0 Å². The molecule has 2 rings (SSSR count). The quantitative estimate of drug-likeness (QED) is 0.679. The zero-order valence-electron chi connectivity index (χ0n) is 9.24. The number of aromatic nitrogens is 2. The SMILES string of the molecule is Nc1ccn(C2CCC(CO)(CO)S2)c(=O)n1. The smallest absolute Gasteiger partial charge is 0.350 e. The molecule has 0 radical (unpaired) electrons. The van der Waals surface area contributed by atoms with E-state index in [1.807, 2.05) is 0 Å². The van der Waals surface area contributed by atoms with Crippen molar-refractivity contribution in [1.82, 2.24) is 9.55 Å². The van der Waals surface area contributed by atoms with Gasteiger partial charge in [0.1, 0.15) is 5.82 Å². The lowest BCUT2D eigenvalue weighted by atomic mass is 10.1. The van der Waals surface area contributed by atoms with Gasteiger partial charge >= 0.3 is 5.69 Å². The molecule has 1 fully saturated rings. The molecule has 0 spiro atoms. The van der Waals surface area contributed by atoms with Crippen molar-refractivity contribution in [2.24, 2.45) is 0 Å². The molecule has 1 saturated heterocycles. The highest BCUT2D eigenvalue weighted by atomic mass is 32.2. The summed E-state index contributed by atoms with van der Waals surface area (Å²) in [6.07, 6.45) is 3.00. The summed E-state index contributed by atoms with van der Waals surface area (Å²) in [5, 5.41) is 18.5. The third-order valence-electron chi connectivity index (χ3n) is 2.97.